The highest BCUT2D eigenvalue weighted by molar-refractivity contribution is 5.89. The second-order valence-electron chi connectivity index (χ2n) is 7.98. The van der Waals surface area contributed by atoms with Gasteiger partial charge in [-0.25, -0.2) is 0 Å². The highest BCUT2D eigenvalue weighted by Gasteiger charge is 2.25. The van der Waals surface area contributed by atoms with Gasteiger partial charge in [-0.1, -0.05) is 43.3 Å². The maximum atomic E-state index is 13.4. The van der Waals surface area contributed by atoms with Crippen LogP contribution in [0.5, 0.6) is 5.75 Å². The Morgan fingerprint density at radius 3 is 2.45 bits per heavy atom. The normalized spacial score (nSPS) is 12.0. The molecule has 1 amide bonds. The lowest BCUT2D eigenvalue weighted by molar-refractivity contribution is -0.124. The van der Waals surface area contributed by atoms with Crippen molar-refractivity contribution in [1.29, 1.82) is 0 Å². The van der Waals surface area contributed by atoms with Gasteiger partial charge in [0.05, 0.1) is 24.4 Å². The Balaban J connectivity index is 1.71. The summed E-state index contributed by atoms with van der Waals surface area (Å²) in [6, 6.07) is 16.5. The molecular weight excluding hydrogens is 416 g/mol. The summed E-state index contributed by atoms with van der Waals surface area (Å²) in [5, 5.41) is 8.78. The van der Waals surface area contributed by atoms with Crippen molar-refractivity contribution in [2.75, 3.05) is 7.11 Å². The Hall–Kier alpha value is -3.87. The molecule has 0 bridgehead atoms. The molecule has 4 rings (SSSR count). The summed E-state index contributed by atoms with van der Waals surface area (Å²) in [6.07, 6.45) is 2.29. The van der Waals surface area contributed by atoms with E-state index in [-0.39, 0.29) is 11.5 Å². The number of nitrogens with one attached hydrogen (secondary N) is 1. The molecule has 0 radical (unpaired) electrons. The van der Waals surface area contributed by atoms with E-state index in [2.05, 4.69) is 10.4 Å². The third-order valence-corrected chi connectivity index (χ3v) is 6.10. The number of aromatic nitrogens is 3. The molecule has 0 saturated carbocycles. The molecule has 1 atom stereocenters. The largest absolute Gasteiger partial charge is 0.496 e. The third-order valence-electron chi connectivity index (χ3n) is 6.10. The minimum absolute atomic E-state index is 0.105. The van der Waals surface area contributed by atoms with Crippen LogP contribution in [0.25, 0.3) is 16.5 Å². The van der Waals surface area contributed by atoms with Gasteiger partial charge in [-0.3, -0.25) is 9.59 Å². The highest BCUT2D eigenvalue weighted by atomic mass is 16.5. The summed E-state index contributed by atoms with van der Waals surface area (Å²) in [4.78, 5) is 26.6. The number of nitrogens with zero attached hydrogens (tertiary/aromatic N) is 3. The van der Waals surface area contributed by atoms with Crippen molar-refractivity contribution >= 4 is 16.7 Å². The van der Waals surface area contributed by atoms with Crippen molar-refractivity contribution in [3.05, 3.63) is 88.1 Å². The molecular formula is C26H28N4O3. The maximum absolute atomic E-state index is 13.4. The minimum Gasteiger partial charge on any atom is -0.496 e. The van der Waals surface area contributed by atoms with E-state index in [9.17, 15) is 9.59 Å². The molecule has 7 nitrogen and oxygen atoms in total. The third kappa shape index (κ3) is 4.02. The number of hydrogen-bond acceptors (Lipinski definition) is 4. The molecule has 2 heterocycles. The number of carbonyl (C=O) groups is 1. The summed E-state index contributed by atoms with van der Waals surface area (Å²) in [5.74, 6) is 0.628. The van der Waals surface area contributed by atoms with Crippen molar-refractivity contribution in [3.63, 3.8) is 0 Å². The van der Waals surface area contributed by atoms with Gasteiger partial charge in [0.1, 0.15) is 11.8 Å². The number of benzene rings is 2. The topological polar surface area (TPSA) is 78.2 Å². The summed E-state index contributed by atoms with van der Waals surface area (Å²) in [6.45, 7) is 6.15. The van der Waals surface area contributed by atoms with Crippen LogP contribution in [0.2, 0.25) is 0 Å². The standard InChI is InChI=1S/C26H28N4O3/c1-5-22(25(31)27-15-19-11-9-10-14-23(19)33-4)29-17(2)21-16-28-30(20-12-7-6-8-13-20)26(32)24(21)18(29)3/h6-14,16,22H,5,15H2,1-4H3,(H,27,31). The molecule has 1 N–H and O–H groups in total. The number of hydrogen-bond donors (Lipinski definition) is 1. The van der Waals surface area contributed by atoms with E-state index >= 15 is 0 Å². The van der Waals surface area contributed by atoms with Crippen LogP contribution in [0.4, 0.5) is 0 Å². The second-order valence-corrected chi connectivity index (χ2v) is 7.98. The van der Waals surface area contributed by atoms with Crippen LogP contribution in [-0.2, 0) is 11.3 Å². The van der Waals surface area contributed by atoms with Crippen molar-refractivity contribution < 1.29 is 9.53 Å². The fourth-order valence-electron chi connectivity index (χ4n) is 4.43. The number of rotatable bonds is 7. The first kappa shape index (κ1) is 22.3. The zero-order valence-corrected chi connectivity index (χ0v) is 19.3. The molecule has 2 aromatic heterocycles. The summed E-state index contributed by atoms with van der Waals surface area (Å²) >= 11 is 0. The van der Waals surface area contributed by atoms with E-state index in [0.29, 0.717) is 24.0 Å². The Labute approximate surface area is 192 Å². The van der Waals surface area contributed by atoms with Gasteiger partial charge in [-0.2, -0.15) is 9.78 Å². The average Bonchev–Trinajstić information content (AvgIpc) is 3.10. The number of ether oxygens (including phenoxy) is 1. The van der Waals surface area contributed by atoms with Gasteiger partial charge in [-0.15, -0.1) is 0 Å². The van der Waals surface area contributed by atoms with E-state index < -0.39 is 6.04 Å². The SMILES string of the molecule is CCC(C(=O)NCc1ccccc1OC)n1c(C)c2cnn(-c3ccccc3)c(=O)c2c1C. The van der Waals surface area contributed by atoms with Crippen molar-refractivity contribution in [2.45, 2.75) is 39.8 Å². The molecule has 0 spiro atoms. The fourth-order valence-corrected chi connectivity index (χ4v) is 4.43. The summed E-state index contributed by atoms with van der Waals surface area (Å²) < 4.78 is 8.75. The zero-order chi connectivity index (χ0) is 23.5. The average molecular weight is 445 g/mol. The monoisotopic (exact) mass is 444 g/mol. The van der Waals surface area contributed by atoms with E-state index in [1.54, 1.807) is 13.3 Å². The first-order valence-corrected chi connectivity index (χ1v) is 11.0. The molecule has 1 unspecified atom stereocenters. The number of aryl methyl sites for hydroxylation is 2. The predicted octanol–water partition coefficient (Wildman–Crippen LogP) is 4.08. The van der Waals surface area contributed by atoms with E-state index in [1.165, 1.54) is 4.68 Å². The molecule has 0 aliphatic heterocycles. The predicted molar refractivity (Wildman–Crippen MR) is 129 cm³/mol. The molecule has 0 fully saturated rings. The van der Waals surface area contributed by atoms with Gasteiger partial charge in [0, 0.05) is 28.9 Å². The molecule has 33 heavy (non-hydrogen) atoms. The van der Waals surface area contributed by atoms with Gasteiger partial charge < -0.3 is 14.6 Å². The number of carbonyl (C=O) groups excluding carboxylic acids is 1. The van der Waals surface area contributed by atoms with Crippen molar-refractivity contribution in [3.8, 4) is 11.4 Å². The first-order chi connectivity index (χ1) is 16.0. The number of methoxy groups -OCH3 is 1. The van der Waals surface area contributed by atoms with Crippen LogP contribution in [0.15, 0.2) is 65.6 Å². The van der Waals surface area contributed by atoms with Gasteiger partial charge in [0.25, 0.3) is 5.56 Å². The Morgan fingerprint density at radius 2 is 1.76 bits per heavy atom. The molecule has 0 aliphatic rings. The lowest BCUT2D eigenvalue weighted by Crippen LogP contribution is -2.33. The quantitative estimate of drug-likeness (QED) is 0.466. The van der Waals surface area contributed by atoms with Gasteiger partial charge in [-0.05, 0) is 38.5 Å². The molecule has 170 valence electrons. The van der Waals surface area contributed by atoms with Crippen LogP contribution in [0, 0.1) is 13.8 Å². The lowest BCUT2D eigenvalue weighted by Gasteiger charge is -2.21. The second kappa shape index (κ2) is 9.32. The van der Waals surface area contributed by atoms with E-state index in [1.807, 2.05) is 79.9 Å². The highest BCUT2D eigenvalue weighted by Crippen LogP contribution is 2.28. The Morgan fingerprint density at radius 1 is 1.06 bits per heavy atom. The van der Waals surface area contributed by atoms with E-state index in [4.69, 9.17) is 4.74 Å². The van der Waals surface area contributed by atoms with Gasteiger partial charge >= 0.3 is 0 Å². The molecule has 0 aliphatic carbocycles. The van der Waals surface area contributed by atoms with Crippen LogP contribution in [0.3, 0.4) is 0 Å². The van der Waals surface area contributed by atoms with E-state index in [0.717, 1.165) is 28.1 Å². The Kier molecular flexibility index (Phi) is 6.31. The van der Waals surface area contributed by atoms with Crippen LogP contribution in [0.1, 0.15) is 36.3 Å². The number of para-hydroxylation sites is 2. The molecule has 0 saturated heterocycles. The summed E-state index contributed by atoms with van der Waals surface area (Å²) in [7, 11) is 1.61. The Bertz CT molecular complexity index is 1360. The van der Waals surface area contributed by atoms with Crippen molar-refractivity contribution in [1.82, 2.24) is 19.7 Å². The molecule has 2 aromatic carbocycles. The van der Waals surface area contributed by atoms with Gasteiger partial charge in [0.15, 0.2) is 0 Å². The van der Waals surface area contributed by atoms with Crippen LogP contribution >= 0.6 is 0 Å². The smallest absolute Gasteiger partial charge is 0.281 e. The minimum atomic E-state index is -0.448. The first-order valence-electron chi connectivity index (χ1n) is 11.0. The zero-order valence-electron chi connectivity index (χ0n) is 19.3. The molecule has 7 heteroatoms. The number of amides is 1. The fraction of sp³-hybridized carbons (Fsp3) is 0.269. The summed E-state index contributed by atoms with van der Waals surface area (Å²) in [5.41, 5.74) is 3.04. The molecule has 4 aromatic rings. The maximum Gasteiger partial charge on any atom is 0.281 e. The van der Waals surface area contributed by atoms with Gasteiger partial charge in [0.2, 0.25) is 5.91 Å². The number of fused-ring (bicyclic) bond motifs is 1. The van der Waals surface area contributed by atoms with Crippen LogP contribution < -0.4 is 15.6 Å². The van der Waals surface area contributed by atoms with Crippen molar-refractivity contribution in [2.24, 2.45) is 0 Å². The van der Waals surface area contributed by atoms with Crippen LogP contribution in [-0.4, -0.2) is 27.4 Å². The lowest BCUT2D eigenvalue weighted by atomic mass is 10.1.